The molecule has 2 aliphatic rings. The van der Waals surface area contributed by atoms with Gasteiger partial charge >= 0.3 is 6.18 Å². The number of aromatic nitrogens is 2. The highest BCUT2D eigenvalue weighted by molar-refractivity contribution is 7.18. The van der Waals surface area contributed by atoms with Gasteiger partial charge in [-0.25, -0.2) is 9.97 Å². The third-order valence-electron chi connectivity index (χ3n) is 6.65. The summed E-state index contributed by atoms with van der Waals surface area (Å²) in [4.78, 5) is 23.5. The van der Waals surface area contributed by atoms with E-state index < -0.39 is 12.6 Å². The third-order valence-corrected chi connectivity index (χ3v) is 7.69. The van der Waals surface area contributed by atoms with E-state index in [-0.39, 0.29) is 10.9 Å². The van der Waals surface area contributed by atoms with Crippen LogP contribution >= 0.6 is 11.3 Å². The Bertz CT molecular complexity index is 1200. The largest absolute Gasteiger partial charge is 0.393 e. The molecule has 3 aromatic rings. The summed E-state index contributed by atoms with van der Waals surface area (Å²) in [7, 11) is 0. The van der Waals surface area contributed by atoms with Crippen molar-refractivity contribution in [3.8, 4) is 0 Å². The smallest absolute Gasteiger partial charge is 0.367 e. The fourth-order valence-corrected chi connectivity index (χ4v) is 5.92. The van der Waals surface area contributed by atoms with Gasteiger partial charge in [-0.3, -0.25) is 9.69 Å². The van der Waals surface area contributed by atoms with Crippen LogP contribution in [0.1, 0.15) is 40.0 Å². The molecule has 174 valence electrons. The van der Waals surface area contributed by atoms with Gasteiger partial charge in [0.05, 0.1) is 11.8 Å². The van der Waals surface area contributed by atoms with Crippen LogP contribution in [0.3, 0.4) is 0 Å². The fraction of sp³-hybridized carbons (Fsp3) is 0.458. The van der Waals surface area contributed by atoms with Crippen LogP contribution in [0.2, 0.25) is 0 Å². The molecule has 0 radical (unpaired) electrons. The number of benzene rings is 1. The Kier molecular flexibility index (Phi) is 5.86. The van der Waals surface area contributed by atoms with Crippen molar-refractivity contribution < 1.29 is 18.0 Å². The number of rotatable bonds is 5. The number of halogens is 3. The number of hydrogen-bond acceptors (Lipinski definition) is 6. The van der Waals surface area contributed by atoms with Crippen LogP contribution in [0.4, 0.5) is 19.0 Å². The van der Waals surface area contributed by atoms with Crippen molar-refractivity contribution >= 4 is 33.2 Å². The van der Waals surface area contributed by atoms with Gasteiger partial charge in [0.2, 0.25) is 0 Å². The van der Waals surface area contributed by atoms with E-state index >= 15 is 0 Å². The minimum atomic E-state index is -4.23. The lowest BCUT2D eigenvalue weighted by atomic mass is 9.97. The maximum atomic E-state index is 12.8. The molecule has 33 heavy (non-hydrogen) atoms. The van der Waals surface area contributed by atoms with Crippen molar-refractivity contribution in [3.63, 3.8) is 0 Å². The molecule has 0 bridgehead atoms. The van der Waals surface area contributed by atoms with Crippen molar-refractivity contribution in [3.05, 3.63) is 51.7 Å². The van der Waals surface area contributed by atoms with Gasteiger partial charge in [0, 0.05) is 43.4 Å². The average molecular weight is 475 g/mol. The monoisotopic (exact) mass is 474 g/mol. The molecule has 1 N–H and O–H groups in total. The summed E-state index contributed by atoms with van der Waals surface area (Å²) >= 11 is 1.07. The third kappa shape index (κ3) is 4.89. The minimum Gasteiger partial charge on any atom is -0.367 e. The first-order valence-corrected chi connectivity index (χ1v) is 12.0. The lowest BCUT2D eigenvalue weighted by molar-refractivity contribution is -0.126. The Labute approximate surface area is 194 Å². The molecule has 5 rings (SSSR count). The molecule has 1 aliphatic heterocycles. The van der Waals surface area contributed by atoms with Crippen LogP contribution in [0.5, 0.6) is 0 Å². The molecule has 1 saturated heterocycles. The van der Waals surface area contributed by atoms with Crippen molar-refractivity contribution in [1.29, 1.82) is 0 Å². The van der Waals surface area contributed by atoms with Crippen molar-refractivity contribution in [2.75, 3.05) is 18.4 Å². The summed E-state index contributed by atoms with van der Waals surface area (Å²) in [6, 6.07) is 6.03. The zero-order valence-corrected chi connectivity index (χ0v) is 19.2. The second-order valence-corrected chi connectivity index (χ2v) is 10.1. The number of nitrogens with zero attached hydrogens (tertiary/aromatic N) is 3. The van der Waals surface area contributed by atoms with Gasteiger partial charge in [0.25, 0.3) is 0 Å². The van der Waals surface area contributed by atoms with Gasteiger partial charge in [-0.05, 0) is 48.1 Å². The molecule has 1 fully saturated rings. The number of carbonyl (C=O) groups is 1. The number of ketones is 1. The van der Waals surface area contributed by atoms with Crippen LogP contribution in [0.15, 0.2) is 24.5 Å². The number of Topliss-reactive ketones (excluding diaryl/α,β-unsaturated/α-hetero) is 1. The molecular formula is C24H25F3N4OS. The molecular weight excluding hydrogens is 449 g/mol. The Hall–Kier alpha value is -2.52. The van der Waals surface area contributed by atoms with Crippen molar-refractivity contribution in [2.24, 2.45) is 0 Å². The zero-order chi connectivity index (χ0) is 23.2. The topological polar surface area (TPSA) is 58.1 Å². The zero-order valence-electron chi connectivity index (χ0n) is 18.3. The second kappa shape index (κ2) is 8.68. The molecule has 0 amide bonds. The molecule has 0 saturated carbocycles. The number of carbonyl (C=O) groups excluding carboxylic acids is 1. The number of thiophene rings is 1. The van der Waals surface area contributed by atoms with Crippen LogP contribution in [-0.4, -0.2) is 46.0 Å². The van der Waals surface area contributed by atoms with E-state index in [4.69, 9.17) is 0 Å². The average Bonchev–Trinajstić information content (AvgIpc) is 3.33. The van der Waals surface area contributed by atoms with Gasteiger partial charge in [-0.2, -0.15) is 13.2 Å². The highest BCUT2D eigenvalue weighted by atomic mass is 32.1. The quantitative estimate of drug-likeness (QED) is 0.573. The van der Waals surface area contributed by atoms with E-state index in [2.05, 4.69) is 39.2 Å². The normalized spacial score (nSPS) is 17.6. The summed E-state index contributed by atoms with van der Waals surface area (Å²) in [5, 5.41) is 4.10. The highest BCUT2D eigenvalue weighted by Crippen LogP contribution is 2.33. The summed E-state index contributed by atoms with van der Waals surface area (Å²) in [6.45, 7) is 4.83. The minimum absolute atomic E-state index is 0.212. The fourth-order valence-electron chi connectivity index (χ4n) is 4.89. The number of piperidine rings is 1. The molecule has 1 aliphatic carbocycles. The Balaban J connectivity index is 1.21. The first-order valence-electron chi connectivity index (χ1n) is 11.2. The van der Waals surface area contributed by atoms with E-state index in [9.17, 15) is 18.0 Å². The lowest BCUT2D eigenvalue weighted by Gasteiger charge is -2.33. The standard InChI is InChI=1S/C24H25F3N4OS/c1-14-16(3-2-15-8-18(32)9-20(14)15)12-31-6-4-17(5-7-31)30-22-21-10-19(11-24(25,26)27)33-23(21)29-13-28-22/h2-3,10,13,17H,4-9,11-12H2,1H3,(H,28,29,30). The van der Waals surface area contributed by atoms with Gasteiger partial charge in [-0.1, -0.05) is 12.1 Å². The molecule has 1 aromatic carbocycles. The molecule has 0 atom stereocenters. The highest BCUT2D eigenvalue weighted by Gasteiger charge is 2.29. The Morgan fingerprint density at radius 2 is 1.97 bits per heavy atom. The second-order valence-electron chi connectivity index (χ2n) is 9.02. The maximum Gasteiger partial charge on any atom is 0.393 e. The first kappa shape index (κ1) is 22.3. The van der Waals surface area contributed by atoms with E-state index in [0.29, 0.717) is 34.7 Å². The van der Waals surface area contributed by atoms with E-state index in [1.165, 1.54) is 28.6 Å². The predicted octanol–water partition coefficient (Wildman–Crippen LogP) is 4.85. The number of hydrogen-bond donors (Lipinski definition) is 1. The van der Waals surface area contributed by atoms with E-state index in [1.807, 2.05) is 0 Å². The molecule has 0 spiro atoms. The molecule has 2 aromatic heterocycles. The molecule has 9 heteroatoms. The predicted molar refractivity (Wildman–Crippen MR) is 123 cm³/mol. The van der Waals surface area contributed by atoms with Gasteiger partial charge in [0.15, 0.2) is 0 Å². The van der Waals surface area contributed by atoms with Crippen LogP contribution < -0.4 is 5.32 Å². The van der Waals surface area contributed by atoms with Crippen molar-refractivity contribution in [2.45, 2.75) is 57.8 Å². The molecule has 0 unspecified atom stereocenters. The van der Waals surface area contributed by atoms with Gasteiger partial charge in [-0.15, -0.1) is 11.3 Å². The van der Waals surface area contributed by atoms with E-state index in [0.717, 1.165) is 43.8 Å². The lowest BCUT2D eigenvalue weighted by Crippen LogP contribution is -2.39. The molecule has 3 heterocycles. The first-order chi connectivity index (χ1) is 15.7. The van der Waals surface area contributed by atoms with Crippen LogP contribution in [0.25, 0.3) is 10.2 Å². The number of fused-ring (bicyclic) bond motifs is 2. The molecule has 5 nitrogen and oxygen atoms in total. The maximum absolute atomic E-state index is 12.8. The summed E-state index contributed by atoms with van der Waals surface area (Å²) < 4.78 is 38.3. The number of anilines is 1. The van der Waals surface area contributed by atoms with Gasteiger partial charge < -0.3 is 5.32 Å². The van der Waals surface area contributed by atoms with Crippen LogP contribution in [0, 0.1) is 6.92 Å². The SMILES string of the molecule is Cc1c(CN2CCC(Nc3ncnc4sc(CC(F)(F)F)cc34)CC2)ccc2c1CC(=O)C2. The Morgan fingerprint density at radius 3 is 2.73 bits per heavy atom. The Morgan fingerprint density at radius 1 is 1.18 bits per heavy atom. The summed E-state index contributed by atoms with van der Waals surface area (Å²) in [5.74, 6) is 0.911. The summed E-state index contributed by atoms with van der Waals surface area (Å²) in [6.07, 6.45) is -0.799. The van der Waals surface area contributed by atoms with E-state index in [1.54, 1.807) is 6.07 Å². The summed E-state index contributed by atoms with van der Waals surface area (Å²) in [5.41, 5.74) is 4.91. The number of nitrogens with one attached hydrogen (secondary N) is 1. The number of alkyl halides is 3. The number of likely N-dealkylation sites (tertiary alicyclic amines) is 1. The van der Waals surface area contributed by atoms with Crippen molar-refractivity contribution in [1.82, 2.24) is 14.9 Å². The van der Waals surface area contributed by atoms with Crippen LogP contribution in [-0.2, 0) is 30.6 Å². The van der Waals surface area contributed by atoms with Gasteiger partial charge in [0.1, 0.15) is 22.8 Å².